The summed E-state index contributed by atoms with van der Waals surface area (Å²) in [7, 11) is 0. The number of pyridine rings is 1. The van der Waals surface area contributed by atoms with E-state index in [2.05, 4.69) is 15.3 Å². The predicted octanol–water partition coefficient (Wildman–Crippen LogP) is 5.67. The van der Waals surface area contributed by atoms with Crippen LogP contribution >= 0.6 is 11.3 Å². The molecule has 0 unspecified atom stereocenters. The van der Waals surface area contributed by atoms with E-state index in [1.54, 1.807) is 6.20 Å². The van der Waals surface area contributed by atoms with Crippen LogP contribution in [-0.4, -0.2) is 15.9 Å². The Morgan fingerprint density at radius 2 is 1.89 bits per heavy atom. The minimum Gasteiger partial charge on any atom is -0.436 e. The molecule has 0 fully saturated rings. The number of thiophene rings is 1. The minimum atomic E-state index is -0.206. The van der Waals surface area contributed by atoms with Gasteiger partial charge in [0.15, 0.2) is 5.58 Å². The summed E-state index contributed by atoms with van der Waals surface area (Å²) >= 11 is 1.36. The van der Waals surface area contributed by atoms with E-state index in [1.807, 2.05) is 66.9 Å². The summed E-state index contributed by atoms with van der Waals surface area (Å²) in [6, 6.07) is 17.2. The van der Waals surface area contributed by atoms with Crippen molar-refractivity contribution in [3.05, 3.63) is 76.6 Å². The van der Waals surface area contributed by atoms with Crippen molar-refractivity contribution in [2.24, 2.45) is 0 Å². The Balaban J connectivity index is 1.53. The van der Waals surface area contributed by atoms with Gasteiger partial charge in [0.1, 0.15) is 10.4 Å². The lowest BCUT2D eigenvalue weighted by Crippen LogP contribution is -2.11. The molecule has 0 radical (unpaired) electrons. The molecule has 5 aromatic rings. The molecule has 0 saturated heterocycles. The van der Waals surface area contributed by atoms with E-state index in [4.69, 9.17) is 4.42 Å². The molecule has 28 heavy (non-hydrogen) atoms. The van der Waals surface area contributed by atoms with Crippen LogP contribution in [0, 0.1) is 6.92 Å². The lowest BCUT2D eigenvalue weighted by molar-refractivity contribution is 0.103. The maximum Gasteiger partial charge on any atom is 0.266 e. The number of anilines is 1. The Morgan fingerprint density at radius 1 is 1.04 bits per heavy atom. The van der Waals surface area contributed by atoms with Gasteiger partial charge in [-0.2, -0.15) is 0 Å². The molecule has 136 valence electrons. The molecule has 5 rings (SSSR count). The smallest absolute Gasteiger partial charge is 0.266 e. The molecular weight excluding hydrogens is 370 g/mol. The Labute approximate surface area is 164 Å². The maximum absolute atomic E-state index is 13.0. The number of hydrogen-bond acceptors (Lipinski definition) is 5. The Bertz CT molecular complexity index is 1330. The second-order valence-electron chi connectivity index (χ2n) is 6.44. The van der Waals surface area contributed by atoms with Gasteiger partial charge in [-0.1, -0.05) is 30.3 Å². The highest BCUT2D eigenvalue weighted by atomic mass is 32.1. The van der Waals surface area contributed by atoms with E-state index < -0.39 is 0 Å². The van der Waals surface area contributed by atoms with Crippen molar-refractivity contribution in [2.75, 3.05) is 5.32 Å². The summed E-state index contributed by atoms with van der Waals surface area (Å²) in [6.45, 7) is 1.99. The van der Waals surface area contributed by atoms with Crippen LogP contribution in [-0.2, 0) is 0 Å². The van der Waals surface area contributed by atoms with Crippen LogP contribution in [0.25, 0.3) is 33.5 Å². The van der Waals surface area contributed by atoms with Gasteiger partial charge in [0, 0.05) is 11.6 Å². The number of para-hydroxylation sites is 2. The van der Waals surface area contributed by atoms with Gasteiger partial charge in [0.2, 0.25) is 5.89 Å². The van der Waals surface area contributed by atoms with E-state index in [1.165, 1.54) is 11.3 Å². The SMILES string of the molecule is Cc1cccc2oc(-c3ccsc3C(=O)Nc3cccc4cccnc34)nc12. The Hall–Kier alpha value is -3.51. The highest BCUT2D eigenvalue weighted by Crippen LogP contribution is 2.32. The van der Waals surface area contributed by atoms with Gasteiger partial charge < -0.3 is 9.73 Å². The molecule has 0 bridgehead atoms. The number of nitrogens with one attached hydrogen (secondary N) is 1. The standard InChI is InChI=1S/C22H15N3O2S/c1-13-5-2-9-17-18(13)25-22(27-17)15-10-12-28-20(15)21(26)24-16-8-3-6-14-7-4-11-23-19(14)16/h2-12H,1H3,(H,24,26). The first kappa shape index (κ1) is 16.6. The van der Waals surface area contributed by atoms with Crippen molar-refractivity contribution >= 4 is 44.9 Å². The second-order valence-corrected chi connectivity index (χ2v) is 7.36. The number of oxazole rings is 1. The van der Waals surface area contributed by atoms with Gasteiger partial charge >= 0.3 is 0 Å². The molecule has 0 atom stereocenters. The fraction of sp³-hybridized carbons (Fsp3) is 0.0455. The van der Waals surface area contributed by atoms with Crippen LogP contribution in [0.1, 0.15) is 15.2 Å². The minimum absolute atomic E-state index is 0.206. The van der Waals surface area contributed by atoms with Crippen molar-refractivity contribution in [3.63, 3.8) is 0 Å². The zero-order valence-electron chi connectivity index (χ0n) is 15.0. The molecule has 3 heterocycles. The van der Waals surface area contributed by atoms with Gasteiger partial charge in [0.25, 0.3) is 5.91 Å². The van der Waals surface area contributed by atoms with Gasteiger partial charge in [-0.05, 0) is 42.1 Å². The van der Waals surface area contributed by atoms with Crippen LogP contribution in [0.2, 0.25) is 0 Å². The van der Waals surface area contributed by atoms with Crippen LogP contribution in [0.4, 0.5) is 5.69 Å². The van der Waals surface area contributed by atoms with E-state index in [9.17, 15) is 4.79 Å². The molecule has 2 aromatic carbocycles. The average Bonchev–Trinajstić information content (AvgIpc) is 3.36. The summed E-state index contributed by atoms with van der Waals surface area (Å²) in [5.74, 6) is 0.244. The molecule has 0 aliphatic rings. The molecule has 5 nitrogen and oxygen atoms in total. The Morgan fingerprint density at radius 3 is 2.79 bits per heavy atom. The second kappa shape index (κ2) is 6.58. The Kier molecular flexibility index (Phi) is 3.91. The summed E-state index contributed by atoms with van der Waals surface area (Å²) in [5.41, 5.74) is 4.69. The molecule has 1 N–H and O–H groups in total. The monoisotopic (exact) mass is 385 g/mol. The van der Waals surface area contributed by atoms with Crippen molar-refractivity contribution in [1.82, 2.24) is 9.97 Å². The molecule has 0 aliphatic carbocycles. The van der Waals surface area contributed by atoms with Crippen molar-refractivity contribution < 1.29 is 9.21 Å². The van der Waals surface area contributed by atoms with Crippen molar-refractivity contribution in [3.8, 4) is 11.5 Å². The fourth-order valence-corrected chi connectivity index (χ4v) is 4.02. The number of carbonyl (C=O) groups is 1. The molecule has 0 saturated carbocycles. The lowest BCUT2D eigenvalue weighted by Gasteiger charge is -2.07. The normalized spacial score (nSPS) is 11.2. The molecule has 1 amide bonds. The zero-order valence-corrected chi connectivity index (χ0v) is 15.8. The first-order valence-electron chi connectivity index (χ1n) is 8.80. The maximum atomic E-state index is 13.0. The summed E-state index contributed by atoms with van der Waals surface area (Å²) < 4.78 is 5.91. The first-order chi connectivity index (χ1) is 13.7. The molecule has 3 aromatic heterocycles. The highest BCUT2D eigenvalue weighted by Gasteiger charge is 2.20. The van der Waals surface area contributed by atoms with Crippen LogP contribution in [0.5, 0.6) is 0 Å². The van der Waals surface area contributed by atoms with Gasteiger partial charge in [-0.15, -0.1) is 11.3 Å². The van der Waals surface area contributed by atoms with E-state index in [-0.39, 0.29) is 5.91 Å². The van der Waals surface area contributed by atoms with E-state index in [0.29, 0.717) is 27.6 Å². The predicted molar refractivity (Wildman–Crippen MR) is 112 cm³/mol. The highest BCUT2D eigenvalue weighted by molar-refractivity contribution is 7.12. The number of nitrogens with zero attached hydrogens (tertiary/aromatic N) is 2. The van der Waals surface area contributed by atoms with Crippen molar-refractivity contribution in [1.29, 1.82) is 0 Å². The fourth-order valence-electron chi connectivity index (χ4n) is 3.24. The number of rotatable bonds is 3. The third kappa shape index (κ3) is 2.75. The quantitative estimate of drug-likeness (QED) is 0.435. The van der Waals surface area contributed by atoms with Gasteiger partial charge in [0.05, 0.1) is 16.8 Å². The van der Waals surface area contributed by atoms with E-state index >= 15 is 0 Å². The molecular formula is C22H15N3O2S. The third-order valence-electron chi connectivity index (χ3n) is 4.60. The number of fused-ring (bicyclic) bond motifs is 2. The molecule has 0 aliphatic heterocycles. The van der Waals surface area contributed by atoms with Crippen LogP contribution in [0.15, 0.2) is 70.6 Å². The van der Waals surface area contributed by atoms with Crippen LogP contribution in [0.3, 0.4) is 0 Å². The number of aryl methyl sites for hydroxylation is 1. The molecule has 0 spiro atoms. The number of hydrogen-bond donors (Lipinski definition) is 1. The zero-order chi connectivity index (χ0) is 19.1. The number of aromatic nitrogens is 2. The third-order valence-corrected chi connectivity index (χ3v) is 5.52. The topological polar surface area (TPSA) is 68.0 Å². The summed E-state index contributed by atoms with van der Waals surface area (Å²) in [5, 5.41) is 5.82. The van der Waals surface area contributed by atoms with E-state index in [0.717, 1.165) is 22.0 Å². The number of amides is 1. The number of benzene rings is 2. The van der Waals surface area contributed by atoms with Crippen LogP contribution < -0.4 is 5.32 Å². The first-order valence-corrected chi connectivity index (χ1v) is 9.68. The van der Waals surface area contributed by atoms with Gasteiger partial charge in [-0.25, -0.2) is 4.98 Å². The van der Waals surface area contributed by atoms with Crippen molar-refractivity contribution in [2.45, 2.75) is 6.92 Å². The van der Waals surface area contributed by atoms with Gasteiger partial charge in [-0.3, -0.25) is 9.78 Å². The summed E-state index contributed by atoms with van der Waals surface area (Å²) in [4.78, 5) is 22.5. The lowest BCUT2D eigenvalue weighted by atomic mass is 10.2. The largest absolute Gasteiger partial charge is 0.436 e. The number of carbonyl (C=O) groups excluding carboxylic acids is 1. The molecule has 6 heteroatoms. The average molecular weight is 385 g/mol. The summed E-state index contributed by atoms with van der Waals surface area (Å²) in [6.07, 6.45) is 1.72.